The predicted octanol–water partition coefficient (Wildman–Crippen LogP) is 1.99. The van der Waals surface area contributed by atoms with Crippen LogP contribution in [0.5, 0.6) is 0 Å². The smallest absolute Gasteiger partial charge is 0.0991 e. The van der Waals surface area contributed by atoms with E-state index >= 15 is 0 Å². The Balaban J connectivity index is 1.85. The molecule has 1 aliphatic heterocycles. The normalized spacial score (nSPS) is 24.7. The number of nitriles is 1. The first-order valence-corrected chi connectivity index (χ1v) is 6.60. The van der Waals surface area contributed by atoms with Crippen LogP contribution in [0.3, 0.4) is 0 Å². The zero-order valence-corrected chi connectivity index (χ0v) is 11.2. The van der Waals surface area contributed by atoms with Crippen LogP contribution < -0.4 is 5.32 Å². The van der Waals surface area contributed by atoms with Gasteiger partial charge in [-0.3, -0.25) is 0 Å². The van der Waals surface area contributed by atoms with E-state index in [1.807, 2.05) is 24.3 Å². The summed E-state index contributed by atoms with van der Waals surface area (Å²) < 4.78 is 0. The predicted molar refractivity (Wildman–Crippen MR) is 73.1 cm³/mol. The average Bonchev–Trinajstić information content (AvgIpc) is 2.38. The minimum absolute atomic E-state index is 0.608. The van der Waals surface area contributed by atoms with Gasteiger partial charge in [-0.1, -0.05) is 19.1 Å². The highest BCUT2D eigenvalue weighted by Crippen LogP contribution is 2.16. The van der Waals surface area contributed by atoms with Gasteiger partial charge in [0.2, 0.25) is 0 Å². The monoisotopic (exact) mass is 243 g/mol. The summed E-state index contributed by atoms with van der Waals surface area (Å²) in [7, 11) is 2.19. The van der Waals surface area contributed by atoms with Crippen LogP contribution in [0.4, 0.5) is 0 Å². The molecule has 1 fully saturated rings. The number of nitrogens with one attached hydrogen (secondary N) is 1. The maximum Gasteiger partial charge on any atom is 0.0991 e. The number of hydrogen-bond acceptors (Lipinski definition) is 3. The molecule has 2 unspecified atom stereocenters. The number of nitrogens with zero attached hydrogens (tertiary/aromatic N) is 2. The maximum absolute atomic E-state index is 8.75. The van der Waals surface area contributed by atoms with Gasteiger partial charge in [-0.05, 0) is 43.6 Å². The van der Waals surface area contributed by atoms with E-state index in [0.29, 0.717) is 12.0 Å². The molecule has 18 heavy (non-hydrogen) atoms. The van der Waals surface area contributed by atoms with Crippen molar-refractivity contribution in [1.82, 2.24) is 10.2 Å². The van der Waals surface area contributed by atoms with E-state index in [4.69, 9.17) is 5.26 Å². The molecule has 1 aromatic carbocycles. The van der Waals surface area contributed by atoms with Crippen molar-refractivity contribution in [2.45, 2.75) is 25.9 Å². The minimum atomic E-state index is 0.608. The summed E-state index contributed by atoms with van der Waals surface area (Å²) in [5.41, 5.74) is 1.98. The van der Waals surface area contributed by atoms with Crippen LogP contribution in [0.1, 0.15) is 24.5 Å². The van der Waals surface area contributed by atoms with E-state index in [-0.39, 0.29) is 0 Å². The second-order valence-electron chi connectivity index (χ2n) is 5.32. The van der Waals surface area contributed by atoms with E-state index in [1.54, 1.807) is 0 Å². The van der Waals surface area contributed by atoms with Crippen LogP contribution >= 0.6 is 0 Å². The lowest BCUT2D eigenvalue weighted by molar-refractivity contribution is 0.174. The van der Waals surface area contributed by atoms with Crippen molar-refractivity contribution in [3.63, 3.8) is 0 Å². The standard InChI is InChI=1S/C15H21N3/c1-12-11-18(2)8-7-15(12)17-10-14-5-3-13(9-16)4-6-14/h3-6,12,15,17H,7-8,10-11H2,1-2H3. The molecular weight excluding hydrogens is 222 g/mol. The Labute approximate surface area is 109 Å². The molecule has 1 N–H and O–H groups in total. The van der Waals surface area contributed by atoms with Crippen molar-refractivity contribution < 1.29 is 0 Å². The van der Waals surface area contributed by atoms with E-state index < -0.39 is 0 Å². The van der Waals surface area contributed by atoms with Crippen molar-refractivity contribution in [1.29, 1.82) is 5.26 Å². The molecule has 0 saturated carbocycles. The van der Waals surface area contributed by atoms with Crippen LogP contribution in [0.25, 0.3) is 0 Å². The first kappa shape index (κ1) is 13.1. The zero-order valence-electron chi connectivity index (χ0n) is 11.2. The number of likely N-dealkylation sites (tertiary alicyclic amines) is 1. The summed E-state index contributed by atoms with van der Waals surface area (Å²) >= 11 is 0. The Kier molecular flexibility index (Phi) is 4.35. The van der Waals surface area contributed by atoms with Gasteiger partial charge in [0.15, 0.2) is 0 Å². The Bertz CT molecular complexity index is 418. The molecular formula is C15H21N3. The van der Waals surface area contributed by atoms with Gasteiger partial charge in [-0.15, -0.1) is 0 Å². The van der Waals surface area contributed by atoms with Crippen LogP contribution in [-0.2, 0) is 6.54 Å². The molecule has 0 aliphatic carbocycles. The van der Waals surface area contributed by atoms with Crippen LogP contribution in [0.2, 0.25) is 0 Å². The molecule has 0 amide bonds. The molecule has 0 spiro atoms. The second kappa shape index (κ2) is 5.99. The Morgan fingerprint density at radius 1 is 1.39 bits per heavy atom. The fourth-order valence-corrected chi connectivity index (χ4v) is 2.60. The summed E-state index contributed by atoms with van der Waals surface area (Å²) in [4.78, 5) is 2.39. The van der Waals surface area contributed by atoms with Crippen LogP contribution in [-0.4, -0.2) is 31.1 Å². The Morgan fingerprint density at radius 2 is 2.11 bits per heavy atom. The fourth-order valence-electron chi connectivity index (χ4n) is 2.60. The number of hydrogen-bond donors (Lipinski definition) is 1. The maximum atomic E-state index is 8.75. The lowest BCUT2D eigenvalue weighted by atomic mass is 9.94. The van der Waals surface area contributed by atoms with Gasteiger partial charge in [0.05, 0.1) is 11.6 Å². The quantitative estimate of drug-likeness (QED) is 0.882. The summed E-state index contributed by atoms with van der Waals surface area (Å²) in [6, 6.07) is 10.6. The average molecular weight is 243 g/mol. The molecule has 2 rings (SSSR count). The van der Waals surface area contributed by atoms with Crippen LogP contribution in [0.15, 0.2) is 24.3 Å². The number of piperidine rings is 1. The van der Waals surface area contributed by atoms with Gasteiger partial charge in [-0.2, -0.15) is 5.26 Å². The number of rotatable bonds is 3. The number of benzene rings is 1. The van der Waals surface area contributed by atoms with Gasteiger partial charge in [0, 0.05) is 19.1 Å². The SMILES string of the molecule is CC1CN(C)CCC1NCc1ccc(C#N)cc1. The van der Waals surface area contributed by atoms with E-state index in [2.05, 4.69) is 30.3 Å². The van der Waals surface area contributed by atoms with Crippen molar-refractivity contribution >= 4 is 0 Å². The molecule has 1 heterocycles. The highest BCUT2D eigenvalue weighted by Gasteiger charge is 2.23. The third kappa shape index (κ3) is 3.32. The first-order chi connectivity index (χ1) is 8.69. The fraction of sp³-hybridized carbons (Fsp3) is 0.533. The van der Waals surface area contributed by atoms with E-state index in [0.717, 1.165) is 12.1 Å². The highest BCUT2D eigenvalue weighted by atomic mass is 15.1. The molecule has 1 saturated heterocycles. The topological polar surface area (TPSA) is 39.1 Å². The van der Waals surface area contributed by atoms with Gasteiger partial charge >= 0.3 is 0 Å². The summed E-state index contributed by atoms with van der Waals surface area (Å²) in [6.45, 7) is 5.55. The van der Waals surface area contributed by atoms with Gasteiger partial charge < -0.3 is 10.2 Å². The second-order valence-corrected chi connectivity index (χ2v) is 5.32. The minimum Gasteiger partial charge on any atom is -0.310 e. The zero-order chi connectivity index (χ0) is 13.0. The largest absolute Gasteiger partial charge is 0.310 e. The van der Waals surface area contributed by atoms with Gasteiger partial charge in [-0.25, -0.2) is 0 Å². The molecule has 3 heteroatoms. The third-order valence-corrected chi connectivity index (χ3v) is 3.76. The third-order valence-electron chi connectivity index (χ3n) is 3.76. The van der Waals surface area contributed by atoms with Gasteiger partial charge in [0.25, 0.3) is 0 Å². The Hall–Kier alpha value is -1.37. The van der Waals surface area contributed by atoms with E-state index in [1.165, 1.54) is 25.1 Å². The van der Waals surface area contributed by atoms with Crippen molar-refractivity contribution in [2.24, 2.45) is 5.92 Å². The van der Waals surface area contributed by atoms with E-state index in [9.17, 15) is 0 Å². The molecule has 0 radical (unpaired) electrons. The molecule has 96 valence electrons. The summed E-state index contributed by atoms with van der Waals surface area (Å²) in [5, 5.41) is 12.4. The molecule has 0 aromatic heterocycles. The molecule has 0 bridgehead atoms. The molecule has 3 nitrogen and oxygen atoms in total. The Morgan fingerprint density at radius 3 is 2.72 bits per heavy atom. The van der Waals surface area contributed by atoms with Gasteiger partial charge in [0.1, 0.15) is 0 Å². The lowest BCUT2D eigenvalue weighted by Crippen LogP contribution is -2.46. The summed E-state index contributed by atoms with van der Waals surface area (Å²) in [6.07, 6.45) is 1.22. The molecule has 1 aliphatic rings. The lowest BCUT2D eigenvalue weighted by Gasteiger charge is -2.35. The molecule has 1 aromatic rings. The first-order valence-electron chi connectivity index (χ1n) is 6.60. The highest BCUT2D eigenvalue weighted by molar-refractivity contribution is 5.31. The van der Waals surface area contributed by atoms with Crippen molar-refractivity contribution in [3.8, 4) is 6.07 Å². The van der Waals surface area contributed by atoms with Crippen LogP contribution in [0, 0.1) is 17.2 Å². The molecule has 2 atom stereocenters. The van der Waals surface area contributed by atoms with Crippen molar-refractivity contribution in [3.05, 3.63) is 35.4 Å². The summed E-state index contributed by atoms with van der Waals surface area (Å²) in [5.74, 6) is 0.696. The van der Waals surface area contributed by atoms with Crippen molar-refractivity contribution in [2.75, 3.05) is 20.1 Å².